The van der Waals surface area contributed by atoms with Gasteiger partial charge in [0.05, 0.1) is 24.5 Å². The first-order valence-electron chi connectivity index (χ1n) is 7.14. The van der Waals surface area contributed by atoms with Crippen LogP contribution in [-0.4, -0.2) is 37.1 Å². The van der Waals surface area contributed by atoms with Gasteiger partial charge < -0.3 is 9.04 Å². The maximum atomic E-state index is 11.5. The standard InChI is InChI=1S/C15H25NO3S/c1-6-16(7-2,8-3)13(5)15-12(4)10-9-11-14(15)20(17,18)19/h9-11,13H,6-8H2,1-5H3. The van der Waals surface area contributed by atoms with Crippen molar-refractivity contribution in [2.45, 2.75) is 45.6 Å². The van der Waals surface area contributed by atoms with Crippen LogP contribution in [0, 0.1) is 6.92 Å². The quantitative estimate of drug-likeness (QED) is 0.599. The van der Waals surface area contributed by atoms with Gasteiger partial charge >= 0.3 is 0 Å². The van der Waals surface area contributed by atoms with Crippen molar-refractivity contribution in [2.24, 2.45) is 0 Å². The normalized spacial score (nSPS) is 14.3. The lowest BCUT2D eigenvalue weighted by atomic mass is 9.98. The van der Waals surface area contributed by atoms with Gasteiger partial charge in [0.15, 0.2) is 0 Å². The molecule has 1 aromatic rings. The van der Waals surface area contributed by atoms with E-state index in [1.165, 1.54) is 6.07 Å². The van der Waals surface area contributed by atoms with Crippen molar-refractivity contribution in [2.75, 3.05) is 19.6 Å². The minimum Gasteiger partial charge on any atom is -0.744 e. The fourth-order valence-electron chi connectivity index (χ4n) is 3.17. The molecule has 0 aliphatic carbocycles. The van der Waals surface area contributed by atoms with Gasteiger partial charge in [-0.15, -0.1) is 0 Å². The molecule has 0 bridgehead atoms. The summed E-state index contributed by atoms with van der Waals surface area (Å²) < 4.78 is 35.4. The topological polar surface area (TPSA) is 57.2 Å². The summed E-state index contributed by atoms with van der Waals surface area (Å²) in [7, 11) is -4.45. The van der Waals surface area contributed by atoms with Gasteiger partial charge in [-0.05, 0) is 46.2 Å². The highest BCUT2D eigenvalue weighted by Gasteiger charge is 2.33. The Morgan fingerprint density at radius 1 is 1.15 bits per heavy atom. The molecule has 0 fully saturated rings. The summed E-state index contributed by atoms with van der Waals surface area (Å²) in [6, 6.07) is 4.91. The molecule has 1 atom stereocenters. The highest BCUT2D eigenvalue weighted by Crippen LogP contribution is 2.34. The van der Waals surface area contributed by atoms with E-state index in [4.69, 9.17) is 0 Å². The van der Waals surface area contributed by atoms with Crippen LogP contribution in [0.3, 0.4) is 0 Å². The number of nitrogens with zero attached hydrogens (tertiary/aromatic N) is 1. The molecule has 5 heteroatoms. The summed E-state index contributed by atoms with van der Waals surface area (Å²) in [6.07, 6.45) is 0. The van der Waals surface area contributed by atoms with Crippen LogP contribution in [0.4, 0.5) is 0 Å². The second-order valence-electron chi connectivity index (χ2n) is 5.28. The van der Waals surface area contributed by atoms with Crippen molar-refractivity contribution in [1.29, 1.82) is 0 Å². The largest absolute Gasteiger partial charge is 0.744 e. The minimum absolute atomic E-state index is 0.0186. The molecule has 114 valence electrons. The molecule has 0 N–H and O–H groups in total. The highest BCUT2D eigenvalue weighted by molar-refractivity contribution is 7.85. The van der Waals surface area contributed by atoms with Crippen molar-refractivity contribution in [1.82, 2.24) is 0 Å². The Morgan fingerprint density at radius 2 is 1.65 bits per heavy atom. The van der Waals surface area contributed by atoms with E-state index in [0.717, 1.165) is 29.7 Å². The van der Waals surface area contributed by atoms with E-state index in [9.17, 15) is 13.0 Å². The Balaban J connectivity index is 3.54. The third kappa shape index (κ3) is 3.05. The van der Waals surface area contributed by atoms with Crippen molar-refractivity contribution < 1.29 is 17.5 Å². The molecule has 0 aromatic heterocycles. The predicted molar refractivity (Wildman–Crippen MR) is 79.4 cm³/mol. The van der Waals surface area contributed by atoms with Crippen molar-refractivity contribution in [3.05, 3.63) is 29.3 Å². The Hall–Kier alpha value is -0.910. The molecule has 0 aliphatic heterocycles. The molecule has 0 saturated heterocycles. The number of hydrogen-bond donors (Lipinski definition) is 0. The van der Waals surface area contributed by atoms with Crippen LogP contribution < -0.4 is 0 Å². The zero-order valence-corrected chi connectivity index (χ0v) is 13.8. The zero-order chi connectivity index (χ0) is 15.6. The average Bonchev–Trinajstić information content (AvgIpc) is 2.40. The fourth-order valence-corrected chi connectivity index (χ4v) is 4.02. The second kappa shape index (κ2) is 6.24. The molecule has 0 heterocycles. The third-order valence-electron chi connectivity index (χ3n) is 4.68. The number of rotatable bonds is 6. The maximum Gasteiger partial charge on any atom is 0.124 e. The summed E-state index contributed by atoms with van der Waals surface area (Å²) in [5, 5.41) is 0. The summed E-state index contributed by atoms with van der Waals surface area (Å²) in [5.74, 6) is 0. The van der Waals surface area contributed by atoms with E-state index in [1.54, 1.807) is 6.07 Å². The summed E-state index contributed by atoms with van der Waals surface area (Å²) in [6.45, 7) is 12.9. The molecule has 1 unspecified atom stereocenters. The molecule has 0 radical (unpaired) electrons. The van der Waals surface area contributed by atoms with Gasteiger partial charge in [0.2, 0.25) is 0 Å². The molecule has 0 amide bonds. The lowest BCUT2D eigenvalue weighted by Crippen LogP contribution is -2.49. The molecule has 0 aliphatic rings. The molecule has 1 rings (SSSR count). The van der Waals surface area contributed by atoms with Gasteiger partial charge in [-0.1, -0.05) is 12.1 Å². The van der Waals surface area contributed by atoms with Crippen molar-refractivity contribution >= 4 is 10.1 Å². The Kier molecular flexibility index (Phi) is 5.35. The Bertz CT molecular complexity index is 554. The van der Waals surface area contributed by atoms with Crippen LogP contribution in [0.1, 0.15) is 44.9 Å². The fraction of sp³-hybridized carbons (Fsp3) is 0.600. The monoisotopic (exact) mass is 299 g/mol. The van der Waals surface area contributed by atoms with Crippen LogP contribution in [-0.2, 0) is 10.1 Å². The summed E-state index contributed by atoms with van der Waals surface area (Å²) in [5.41, 5.74) is 1.54. The Labute approximate surface area is 122 Å². The molecular weight excluding hydrogens is 274 g/mol. The highest BCUT2D eigenvalue weighted by atomic mass is 32.2. The SMILES string of the molecule is CC[N+](CC)(CC)C(C)c1c(C)cccc1S(=O)(=O)[O-]. The second-order valence-corrected chi connectivity index (χ2v) is 6.63. The summed E-state index contributed by atoms with van der Waals surface area (Å²) >= 11 is 0. The zero-order valence-electron chi connectivity index (χ0n) is 13.0. The molecule has 0 saturated carbocycles. The van der Waals surface area contributed by atoms with Gasteiger partial charge in [-0.3, -0.25) is 0 Å². The van der Waals surface area contributed by atoms with E-state index in [1.807, 2.05) is 19.9 Å². The van der Waals surface area contributed by atoms with Crippen LogP contribution in [0.25, 0.3) is 0 Å². The lowest BCUT2D eigenvalue weighted by Gasteiger charge is -2.42. The predicted octanol–water partition coefficient (Wildman–Crippen LogP) is 2.84. The average molecular weight is 299 g/mol. The van der Waals surface area contributed by atoms with Gasteiger partial charge in [0.25, 0.3) is 0 Å². The first-order valence-corrected chi connectivity index (χ1v) is 8.55. The van der Waals surface area contributed by atoms with Gasteiger partial charge in [-0.25, -0.2) is 8.42 Å². The van der Waals surface area contributed by atoms with Crippen molar-refractivity contribution in [3.8, 4) is 0 Å². The van der Waals surface area contributed by atoms with E-state index < -0.39 is 10.1 Å². The van der Waals surface area contributed by atoms with Crippen molar-refractivity contribution in [3.63, 3.8) is 0 Å². The third-order valence-corrected chi connectivity index (χ3v) is 5.58. The number of benzene rings is 1. The van der Waals surface area contributed by atoms with Crippen LogP contribution >= 0.6 is 0 Å². The van der Waals surface area contributed by atoms with Gasteiger partial charge in [0.1, 0.15) is 16.2 Å². The van der Waals surface area contributed by atoms with Gasteiger partial charge in [-0.2, -0.15) is 0 Å². The maximum absolute atomic E-state index is 11.5. The minimum atomic E-state index is -4.45. The van der Waals surface area contributed by atoms with E-state index in [0.29, 0.717) is 5.56 Å². The van der Waals surface area contributed by atoms with E-state index >= 15 is 0 Å². The molecule has 20 heavy (non-hydrogen) atoms. The first-order chi connectivity index (χ1) is 9.23. The summed E-state index contributed by atoms with van der Waals surface area (Å²) in [4.78, 5) is -0.0668. The molecular formula is C15H25NO3S. The number of hydrogen-bond acceptors (Lipinski definition) is 3. The lowest BCUT2D eigenvalue weighted by molar-refractivity contribution is -0.951. The van der Waals surface area contributed by atoms with E-state index in [-0.39, 0.29) is 10.9 Å². The molecule has 1 aromatic carbocycles. The number of aryl methyl sites for hydroxylation is 1. The Morgan fingerprint density at radius 3 is 2.05 bits per heavy atom. The molecule has 4 nitrogen and oxygen atoms in total. The van der Waals surface area contributed by atoms with E-state index in [2.05, 4.69) is 20.8 Å². The van der Waals surface area contributed by atoms with Crippen LogP contribution in [0.2, 0.25) is 0 Å². The van der Waals surface area contributed by atoms with Crippen LogP contribution in [0.15, 0.2) is 23.1 Å². The smallest absolute Gasteiger partial charge is 0.124 e. The van der Waals surface area contributed by atoms with Gasteiger partial charge in [0, 0.05) is 5.56 Å². The number of quaternary nitrogens is 1. The van der Waals surface area contributed by atoms with Crippen LogP contribution in [0.5, 0.6) is 0 Å². The molecule has 0 spiro atoms. The first kappa shape index (κ1) is 17.1.